The Bertz CT molecular complexity index is 744. The van der Waals surface area contributed by atoms with Crippen molar-refractivity contribution in [2.75, 3.05) is 13.2 Å². The molecule has 0 bridgehead atoms. The first-order valence-corrected chi connectivity index (χ1v) is 9.86. The number of aromatic nitrogens is 1. The maximum absolute atomic E-state index is 12.3. The minimum atomic E-state index is -3.22. The number of ether oxygens (including phenoxy) is 1. The monoisotopic (exact) mass is 354 g/mol. The van der Waals surface area contributed by atoms with E-state index in [1.165, 1.54) is 11.3 Å². The molecule has 2 aromatic rings. The van der Waals surface area contributed by atoms with Gasteiger partial charge in [0.25, 0.3) is 0 Å². The molecular weight excluding hydrogens is 332 g/mol. The van der Waals surface area contributed by atoms with Crippen molar-refractivity contribution in [1.82, 2.24) is 4.98 Å². The molecule has 1 aromatic carbocycles. The van der Waals surface area contributed by atoms with Crippen LogP contribution in [0.4, 0.5) is 0 Å². The largest absolute Gasteiger partial charge is 0.492 e. The number of sulfone groups is 1. The summed E-state index contributed by atoms with van der Waals surface area (Å²) >= 11 is 1.37. The summed E-state index contributed by atoms with van der Waals surface area (Å²) in [5.74, 6) is 0.726. The fourth-order valence-corrected chi connectivity index (χ4v) is 3.94. The van der Waals surface area contributed by atoms with Gasteiger partial charge in [-0.2, -0.15) is 0 Å². The molecular formula is C16H22N2O3S2. The lowest BCUT2D eigenvalue weighted by Crippen LogP contribution is -2.29. The van der Waals surface area contributed by atoms with Gasteiger partial charge in [-0.25, -0.2) is 13.4 Å². The van der Waals surface area contributed by atoms with Crippen LogP contribution >= 0.6 is 11.3 Å². The van der Waals surface area contributed by atoms with Gasteiger partial charge >= 0.3 is 0 Å². The Kier molecular flexibility index (Phi) is 5.44. The van der Waals surface area contributed by atoms with E-state index < -0.39 is 14.6 Å². The molecule has 0 saturated carbocycles. The van der Waals surface area contributed by atoms with Crippen LogP contribution in [-0.4, -0.2) is 31.3 Å². The molecule has 1 heterocycles. The maximum atomic E-state index is 12.3. The SMILES string of the molecule is CC(C)(C)S(=O)(=O)Cc1nc(-c2ccc(OCCN)cc2)cs1. The standard InChI is InChI=1S/C16H22N2O3S2/c1-16(2,3)23(19,20)11-15-18-14(10-22-15)12-4-6-13(7-5-12)21-9-8-17/h4-7,10H,8-9,11,17H2,1-3H3. The predicted molar refractivity (Wildman–Crippen MR) is 94.5 cm³/mol. The number of benzene rings is 1. The molecule has 0 aliphatic carbocycles. The van der Waals surface area contributed by atoms with Crippen molar-refractivity contribution in [2.24, 2.45) is 5.73 Å². The van der Waals surface area contributed by atoms with Crippen LogP contribution < -0.4 is 10.5 Å². The number of hydrogen-bond acceptors (Lipinski definition) is 6. The Labute approximate surface area is 141 Å². The number of hydrogen-bond donors (Lipinski definition) is 1. The summed E-state index contributed by atoms with van der Waals surface area (Å²) in [5.41, 5.74) is 7.11. The van der Waals surface area contributed by atoms with Crippen molar-refractivity contribution in [3.63, 3.8) is 0 Å². The number of nitrogens with two attached hydrogens (primary N) is 1. The molecule has 0 radical (unpaired) electrons. The Morgan fingerprint density at radius 3 is 2.43 bits per heavy atom. The first-order valence-electron chi connectivity index (χ1n) is 7.33. The molecule has 1 aromatic heterocycles. The molecule has 23 heavy (non-hydrogen) atoms. The van der Waals surface area contributed by atoms with Gasteiger partial charge in [0.15, 0.2) is 9.84 Å². The molecule has 0 amide bonds. The zero-order valence-corrected chi connectivity index (χ0v) is 15.2. The fraction of sp³-hybridized carbons (Fsp3) is 0.438. The van der Waals surface area contributed by atoms with Crippen LogP contribution in [0.1, 0.15) is 25.8 Å². The van der Waals surface area contributed by atoms with Crippen molar-refractivity contribution in [3.8, 4) is 17.0 Å². The Balaban J connectivity index is 2.13. The van der Waals surface area contributed by atoms with Gasteiger partial charge in [-0.1, -0.05) is 0 Å². The number of nitrogens with zero attached hydrogens (tertiary/aromatic N) is 1. The van der Waals surface area contributed by atoms with E-state index in [0.29, 0.717) is 18.2 Å². The zero-order chi connectivity index (χ0) is 17.1. The fourth-order valence-electron chi connectivity index (χ4n) is 1.79. The van der Waals surface area contributed by atoms with Gasteiger partial charge in [-0.3, -0.25) is 0 Å². The number of thiazole rings is 1. The minimum Gasteiger partial charge on any atom is -0.492 e. The van der Waals surface area contributed by atoms with Crippen LogP contribution in [0, 0.1) is 0 Å². The molecule has 0 spiro atoms. The lowest BCUT2D eigenvalue weighted by atomic mass is 10.2. The van der Waals surface area contributed by atoms with Crippen LogP contribution in [0.2, 0.25) is 0 Å². The highest BCUT2D eigenvalue weighted by molar-refractivity contribution is 7.92. The quantitative estimate of drug-likeness (QED) is 0.862. The minimum absolute atomic E-state index is 0.0289. The Morgan fingerprint density at radius 1 is 1.22 bits per heavy atom. The van der Waals surface area contributed by atoms with Gasteiger partial charge in [0.05, 0.1) is 10.4 Å². The third-order valence-corrected chi connectivity index (χ3v) is 6.89. The third-order valence-electron chi connectivity index (χ3n) is 3.33. The molecule has 2 N–H and O–H groups in total. The van der Waals surface area contributed by atoms with E-state index in [4.69, 9.17) is 10.5 Å². The zero-order valence-electron chi connectivity index (χ0n) is 13.6. The smallest absolute Gasteiger partial charge is 0.161 e. The molecule has 0 aliphatic heterocycles. The Morgan fingerprint density at radius 2 is 1.87 bits per heavy atom. The third kappa shape index (κ3) is 4.53. The molecule has 0 atom stereocenters. The molecule has 126 valence electrons. The average Bonchev–Trinajstić information content (AvgIpc) is 2.92. The summed E-state index contributed by atoms with van der Waals surface area (Å²) in [4.78, 5) is 4.45. The summed E-state index contributed by atoms with van der Waals surface area (Å²) in [6, 6.07) is 7.53. The molecule has 5 nitrogen and oxygen atoms in total. The van der Waals surface area contributed by atoms with E-state index in [1.54, 1.807) is 20.8 Å². The van der Waals surface area contributed by atoms with Crippen LogP contribution in [0.5, 0.6) is 5.75 Å². The van der Waals surface area contributed by atoms with E-state index in [0.717, 1.165) is 17.0 Å². The van der Waals surface area contributed by atoms with Gasteiger partial charge in [0, 0.05) is 17.5 Å². The molecule has 0 fully saturated rings. The maximum Gasteiger partial charge on any atom is 0.161 e. The second kappa shape index (κ2) is 6.98. The van der Waals surface area contributed by atoms with Crippen LogP contribution in [0.25, 0.3) is 11.3 Å². The van der Waals surface area contributed by atoms with Gasteiger partial charge in [-0.05, 0) is 45.0 Å². The van der Waals surface area contributed by atoms with Crippen molar-refractivity contribution >= 4 is 21.2 Å². The van der Waals surface area contributed by atoms with Crippen molar-refractivity contribution in [2.45, 2.75) is 31.3 Å². The Hall–Kier alpha value is -1.44. The highest BCUT2D eigenvalue weighted by Gasteiger charge is 2.30. The average molecular weight is 354 g/mol. The first-order chi connectivity index (χ1) is 10.7. The number of rotatable bonds is 6. The van der Waals surface area contributed by atoms with Crippen molar-refractivity contribution in [1.29, 1.82) is 0 Å². The van der Waals surface area contributed by atoms with Crippen LogP contribution in [-0.2, 0) is 15.6 Å². The summed E-state index contributed by atoms with van der Waals surface area (Å²) in [6.45, 7) is 6.06. The van der Waals surface area contributed by atoms with Crippen molar-refractivity contribution in [3.05, 3.63) is 34.7 Å². The summed E-state index contributed by atoms with van der Waals surface area (Å²) < 4.78 is 29.2. The van der Waals surface area contributed by atoms with Crippen molar-refractivity contribution < 1.29 is 13.2 Å². The van der Waals surface area contributed by atoms with E-state index in [1.807, 2.05) is 29.6 Å². The van der Waals surface area contributed by atoms with E-state index in [2.05, 4.69) is 4.98 Å². The summed E-state index contributed by atoms with van der Waals surface area (Å²) in [6.07, 6.45) is 0. The van der Waals surface area contributed by atoms with Gasteiger partial charge < -0.3 is 10.5 Å². The lowest BCUT2D eigenvalue weighted by Gasteiger charge is -2.17. The summed E-state index contributed by atoms with van der Waals surface area (Å²) in [7, 11) is -3.22. The topological polar surface area (TPSA) is 82.3 Å². The summed E-state index contributed by atoms with van der Waals surface area (Å²) in [5, 5.41) is 2.49. The predicted octanol–water partition coefficient (Wildman–Crippen LogP) is 2.86. The first kappa shape index (κ1) is 17.9. The van der Waals surface area contributed by atoms with Gasteiger partial charge in [0.1, 0.15) is 23.1 Å². The van der Waals surface area contributed by atoms with Crippen LogP contribution in [0.15, 0.2) is 29.6 Å². The second-order valence-electron chi connectivity index (χ2n) is 6.16. The van der Waals surface area contributed by atoms with Gasteiger partial charge in [-0.15, -0.1) is 11.3 Å². The highest BCUT2D eigenvalue weighted by atomic mass is 32.2. The van der Waals surface area contributed by atoms with Crippen LogP contribution in [0.3, 0.4) is 0 Å². The highest BCUT2D eigenvalue weighted by Crippen LogP contribution is 2.27. The lowest BCUT2D eigenvalue weighted by molar-refractivity contribution is 0.328. The second-order valence-corrected chi connectivity index (χ2v) is 9.85. The van der Waals surface area contributed by atoms with E-state index in [-0.39, 0.29) is 5.75 Å². The molecule has 2 rings (SSSR count). The molecule has 0 unspecified atom stereocenters. The van der Waals surface area contributed by atoms with Gasteiger partial charge in [0.2, 0.25) is 0 Å². The molecule has 0 saturated heterocycles. The molecule has 7 heteroatoms. The molecule has 0 aliphatic rings. The normalized spacial score (nSPS) is 12.3. The van der Waals surface area contributed by atoms with E-state index >= 15 is 0 Å². The van der Waals surface area contributed by atoms with E-state index in [9.17, 15) is 8.42 Å².